The molecule has 0 saturated carbocycles. The molecule has 0 amide bonds. The molecule has 0 aliphatic heterocycles. The summed E-state index contributed by atoms with van der Waals surface area (Å²) in [5, 5.41) is 10.6. The van der Waals surface area contributed by atoms with Crippen LogP contribution in [0.15, 0.2) is 60.8 Å². The quantitative estimate of drug-likeness (QED) is 0.0128. The van der Waals surface area contributed by atoms with E-state index in [9.17, 15) is 43.2 Å². The first kappa shape index (κ1) is 92.8. The molecule has 560 valence electrons. The number of ether oxygens (including phenoxy) is 4. The van der Waals surface area contributed by atoms with Crippen molar-refractivity contribution in [3.63, 3.8) is 0 Å². The summed E-state index contributed by atoms with van der Waals surface area (Å²) in [6, 6.07) is 0. The van der Waals surface area contributed by atoms with E-state index in [4.69, 9.17) is 37.0 Å². The maximum absolute atomic E-state index is 13.1. The van der Waals surface area contributed by atoms with Crippen LogP contribution in [0.25, 0.3) is 0 Å². The Morgan fingerprint density at radius 2 is 0.510 bits per heavy atom. The highest BCUT2D eigenvalue weighted by Gasteiger charge is 2.30. The Labute approximate surface area is 584 Å². The van der Waals surface area contributed by atoms with Crippen LogP contribution in [-0.4, -0.2) is 96.7 Å². The molecule has 0 radical (unpaired) electrons. The minimum atomic E-state index is -4.97. The van der Waals surface area contributed by atoms with Crippen LogP contribution >= 0.6 is 15.6 Å². The zero-order valence-corrected chi connectivity index (χ0v) is 62.8. The van der Waals surface area contributed by atoms with E-state index in [0.29, 0.717) is 25.7 Å². The number of unbranched alkanes of at least 4 members (excludes halogenated alkanes) is 38. The normalized spacial score (nSPS) is 14.3. The summed E-state index contributed by atoms with van der Waals surface area (Å²) in [6.45, 7) is 4.82. The van der Waals surface area contributed by atoms with Crippen molar-refractivity contribution >= 4 is 39.5 Å². The Hall–Kier alpha value is -3.24. The van der Waals surface area contributed by atoms with Crippen molar-refractivity contribution in [2.45, 2.75) is 367 Å². The second-order valence-corrected chi connectivity index (χ2v) is 28.9. The average Bonchev–Trinajstić information content (AvgIpc) is 1.17. The van der Waals surface area contributed by atoms with Gasteiger partial charge in [0.05, 0.1) is 26.4 Å². The van der Waals surface area contributed by atoms with Crippen molar-refractivity contribution in [2.75, 3.05) is 39.6 Å². The maximum Gasteiger partial charge on any atom is 0.472 e. The molecule has 3 N–H and O–H groups in total. The Bertz CT molecular complexity index is 2060. The molecule has 0 aromatic rings. The van der Waals surface area contributed by atoms with Gasteiger partial charge in [-0.15, -0.1) is 0 Å². The minimum Gasteiger partial charge on any atom is -0.462 e. The first-order valence-corrected chi connectivity index (χ1v) is 41.5. The third-order valence-electron chi connectivity index (χ3n) is 16.5. The first-order valence-electron chi connectivity index (χ1n) is 38.5. The zero-order valence-electron chi connectivity index (χ0n) is 61.1. The maximum atomic E-state index is 13.1. The summed E-state index contributed by atoms with van der Waals surface area (Å²) < 4.78 is 68.4. The number of aliphatic hydroxyl groups excluding tert-OH is 1. The summed E-state index contributed by atoms with van der Waals surface area (Å²) in [5.41, 5.74) is 0. The highest BCUT2D eigenvalue weighted by Crippen LogP contribution is 2.45. The molecule has 0 bridgehead atoms. The summed E-state index contributed by atoms with van der Waals surface area (Å²) in [7, 11) is -9.94. The molecule has 0 aliphatic rings. The van der Waals surface area contributed by atoms with Crippen LogP contribution in [-0.2, 0) is 65.4 Å². The molecule has 0 heterocycles. The van der Waals surface area contributed by atoms with Crippen LogP contribution < -0.4 is 0 Å². The van der Waals surface area contributed by atoms with E-state index < -0.39 is 97.5 Å². The monoisotopic (exact) mass is 1400 g/mol. The summed E-state index contributed by atoms with van der Waals surface area (Å²) in [6.07, 6.45) is 67.7. The standard InChI is InChI=1S/C77H140O17P2/c1-5-9-13-17-21-25-29-33-35-39-42-46-50-54-58-62-75(80)88-68-72(93-76(81)63-59-55-51-47-43-38-32-28-24-20-16-12-8-4)69-91-95(83,84)89-65-71(78)66-90-96(85,86)92-70-73(67-87-74(79)61-57-53-49-45-41-37-31-27-23-19-15-11-7-3)94-77(82)64-60-56-52-48-44-40-36-34-30-26-22-18-14-10-6-2/h25,27-29,31-36,71-73,78H,5-24,26,30,37-70H2,1-4H3,(H,83,84)(H,85,86)/b29-25-,31-27-,32-28-,35-33-,36-34-/t71-,72-,73-/m1/s1. The predicted octanol–water partition coefficient (Wildman–Crippen LogP) is 21.9. The SMILES string of the molecule is CCCCCC/C=C\C=C/CCCCCCCC(=O)OC[C@H](COP(=O)(O)OC[C@@H](O)COP(=O)(O)OC[C@@H](COC(=O)CCCCCCC/C=C\CCCCCC)OC(=O)CCCCCCC/C=C\CCCCCCCC)OC(=O)CCCCCCC/C=C\CCCCCC. The highest BCUT2D eigenvalue weighted by molar-refractivity contribution is 7.47. The lowest BCUT2D eigenvalue weighted by Crippen LogP contribution is -2.30. The van der Waals surface area contributed by atoms with E-state index in [2.05, 4.69) is 88.5 Å². The number of rotatable bonds is 73. The van der Waals surface area contributed by atoms with Gasteiger partial charge in [0, 0.05) is 25.7 Å². The number of allylic oxidation sites excluding steroid dienone is 10. The van der Waals surface area contributed by atoms with Gasteiger partial charge in [-0.2, -0.15) is 0 Å². The number of carbonyl (C=O) groups is 4. The topological polar surface area (TPSA) is 237 Å². The smallest absolute Gasteiger partial charge is 0.462 e. The lowest BCUT2D eigenvalue weighted by atomic mass is 10.1. The van der Waals surface area contributed by atoms with Crippen LogP contribution in [0.2, 0.25) is 0 Å². The van der Waals surface area contributed by atoms with Gasteiger partial charge in [0.25, 0.3) is 0 Å². The van der Waals surface area contributed by atoms with Crippen molar-refractivity contribution in [3.8, 4) is 0 Å². The molecule has 0 fully saturated rings. The average molecular weight is 1400 g/mol. The molecule has 0 rings (SSSR count). The fourth-order valence-corrected chi connectivity index (χ4v) is 12.1. The summed E-state index contributed by atoms with van der Waals surface area (Å²) in [4.78, 5) is 72.8. The largest absolute Gasteiger partial charge is 0.472 e. The predicted molar refractivity (Wildman–Crippen MR) is 390 cm³/mol. The number of phosphoric acid groups is 2. The van der Waals surface area contributed by atoms with Crippen molar-refractivity contribution in [1.82, 2.24) is 0 Å². The van der Waals surface area contributed by atoms with Crippen LogP contribution in [0.1, 0.15) is 349 Å². The van der Waals surface area contributed by atoms with E-state index >= 15 is 0 Å². The molecule has 96 heavy (non-hydrogen) atoms. The van der Waals surface area contributed by atoms with Gasteiger partial charge in [-0.25, -0.2) is 9.13 Å². The number of hydrogen-bond donors (Lipinski definition) is 3. The van der Waals surface area contributed by atoms with Gasteiger partial charge in [0.1, 0.15) is 19.3 Å². The van der Waals surface area contributed by atoms with E-state index in [-0.39, 0.29) is 25.7 Å². The Morgan fingerprint density at radius 1 is 0.292 bits per heavy atom. The van der Waals surface area contributed by atoms with Gasteiger partial charge < -0.3 is 33.8 Å². The van der Waals surface area contributed by atoms with Gasteiger partial charge in [0.15, 0.2) is 12.2 Å². The molecule has 19 heteroatoms. The number of esters is 4. The molecule has 2 unspecified atom stereocenters. The van der Waals surface area contributed by atoms with Crippen LogP contribution in [0.4, 0.5) is 0 Å². The number of aliphatic hydroxyl groups is 1. The molecule has 0 aliphatic carbocycles. The third kappa shape index (κ3) is 69.2. The van der Waals surface area contributed by atoms with E-state index in [1.165, 1.54) is 116 Å². The van der Waals surface area contributed by atoms with Crippen molar-refractivity contribution in [1.29, 1.82) is 0 Å². The number of phosphoric ester groups is 2. The molecular weight excluding hydrogens is 1260 g/mol. The lowest BCUT2D eigenvalue weighted by molar-refractivity contribution is -0.161. The van der Waals surface area contributed by atoms with Crippen LogP contribution in [0.3, 0.4) is 0 Å². The molecule has 17 nitrogen and oxygen atoms in total. The van der Waals surface area contributed by atoms with Crippen molar-refractivity contribution in [3.05, 3.63) is 60.8 Å². The second kappa shape index (κ2) is 70.2. The van der Waals surface area contributed by atoms with Gasteiger partial charge in [-0.1, -0.05) is 255 Å². The van der Waals surface area contributed by atoms with Crippen molar-refractivity contribution < 1.29 is 80.2 Å². The van der Waals surface area contributed by atoms with Gasteiger partial charge in [-0.3, -0.25) is 37.3 Å². The van der Waals surface area contributed by atoms with Gasteiger partial charge in [-0.05, 0) is 128 Å². The zero-order chi connectivity index (χ0) is 70.4. The summed E-state index contributed by atoms with van der Waals surface area (Å²) in [5.74, 6) is -2.19. The molecule has 0 saturated heterocycles. The van der Waals surface area contributed by atoms with E-state index in [0.717, 1.165) is 154 Å². The van der Waals surface area contributed by atoms with Crippen LogP contribution in [0, 0.1) is 0 Å². The third-order valence-corrected chi connectivity index (χ3v) is 18.4. The minimum absolute atomic E-state index is 0.0846. The van der Waals surface area contributed by atoms with Crippen molar-refractivity contribution in [2.24, 2.45) is 0 Å². The fourth-order valence-electron chi connectivity index (χ4n) is 10.5. The Morgan fingerprint density at radius 3 is 0.792 bits per heavy atom. The number of hydrogen-bond acceptors (Lipinski definition) is 15. The van der Waals surface area contributed by atoms with E-state index in [1.54, 1.807) is 0 Å². The van der Waals surface area contributed by atoms with Gasteiger partial charge in [0.2, 0.25) is 0 Å². The first-order chi connectivity index (χ1) is 46.7. The summed E-state index contributed by atoms with van der Waals surface area (Å²) >= 11 is 0. The van der Waals surface area contributed by atoms with Gasteiger partial charge >= 0.3 is 39.5 Å². The molecule has 0 aromatic heterocycles. The second-order valence-electron chi connectivity index (χ2n) is 26.0. The molecular formula is C77H140O17P2. The highest BCUT2D eigenvalue weighted by atomic mass is 31.2. The lowest BCUT2D eigenvalue weighted by Gasteiger charge is -2.21. The number of carbonyl (C=O) groups excluding carboxylic acids is 4. The Kier molecular flexibility index (Phi) is 67.8. The molecule has 5 atom stereocenters. The molecule has 0 spiro atoms. The Balaban J connectivity index is 5.34. The molecule has 0 aromatic carbocycles. The van der Waals surface area contributed by atoms with Crippen LogP contribution in [0.5, 0.6) is 0 Å². The van der Waals surface area contributed by atoms with E-state index in [1.807, 2.05) is 0 Å². The fraction of sp³-hybridized carbons (Fsp3) is 0.818.